The van der Waals surface area contributed by atoms with Gasteiger partial charge in [0.1, 0.15) is 42.4 Å². The summed E-state index contributed by atoms with van der Waals surface area (Å²) in [5.41, 5.74) is 3.54. The molecule has 0 aromatic heterocycles. The van der Waals surface area contributed by atoms with Crippen LogP contribution in [0.5, 0.6) is 5.75 Å². The minimum absolute atomic E-state index is 0.0441. The fourth-order valence-corrected chi connectivity index (χ4v) is 7.95. The van der Waals surface area contributed by atoms with E-state index >= 15 is 0 Å². The predicted molar refractivity (Wildman–Crippen MR) is 228 cm³/mol. The van der Waals surface area contributed by atoms with E-state index in [1.165, 1.54) is 21.3 Å². The van der Waals surface area contributed by atoms with Crippen LogP contribution in [0.15, 0.2) is 146 Å². The van der Waals surface area contributed by atoms with Crippen LogP contribution in [0.25, 0.3) is 0 Å². The predicted octanol–water partition coefficient (Wildman–Crippen LogP) is 6.75. The number of carbonyl (C=O) groups excluding carboxylic acids is 2. The monoisotopic (exact) mass is 876 g/mol. The molecule has 8 rings (SSSR count). The largest absolute Gasteiger partial charge is 0.497 e. The highest BCUT2D eigenvalue weighted by Crippen LogP contribution is 2.40. The number of benzene rings is 5. The molecule has 11 atom stereocenters. The summed E-state index contributed by atoms with van der Waals surface area (Å²) in [4.78, 5) is 28.2. The normalized spacial score (nSPS) is 27.8. The summed E-state index contributed by atoms with van der Waals surface area (Å²) in [5.74, 6) is -0.945. The second-order valence-electron chi connectivity index (χ2n) is 15.4. The number of ether oxygens (including phenoxy) is 12. The maximum Gasteiger partial charge on any atom is 0.338 e. The summed E-state index contributed by atoms with van der Waals surface area (Å²) in [6, 6.07) is 44.5. The van der Waals surface area contributed by atoms with Crippen molar-refractivity contribution in [2.24, 2.45) is 0 Å². The Morgan fingerprint density at radius 2 is 1.11 bits per heavy atom. The average Bonchev–Trinajstić information content (AvgIpc) is 3.36. The fourth-order valence-electron chi connectivity index (χ4n) is 7.95. The third-order valence-electron chi connectivity index (χ3n) is 11.2. The first kappa shape index (κ1) is 45.1. The molecule has 3 aliphatic heterocycles. The highest BCUT2D eigenvalue weighted by atomic mass is 16.8. The van der Waals surface area contributed by atoms with Crippen molar-refractivity contribution in [3.05, 3.63) is 173 Å². The van der Waals surface area contributed by atoms with Crippen LogP contribution >= 0.6 is 0 Å². The molecule has 336 valence electrons. The Morgan fingerprint density at radius 3 is 1.66 bits per heavy atom. The lowest BCUT2D eigenvalue weighted by molar-refractivity contribution is -0.395. The number of methoxy groups -OCH3 is 3. The number of esters is 2. The van der Waals surface area contributed by atoms with E-state index in [9.17, 15) is 9.59 Å². The minimum Gasteiger partial charge on any atom is -0.497 e. The van der Waals surface area contributed by atoms with Crippen LogP contribution in [-0.2, 0) is 76.7 Å². The highest BCUT2D eigenvalue weighted by Gasteiger charge is 2.57. The van der Waals surface area contributed by atoms with Gasteiger partial charge >= 0.3 is 11.9 Å². The molecule has 0 spiro atoms. The zero-order valence-electron chi connectivity index (χ0n) is 35.8. The van der Waals surface area contributed by atoms with Gasteiger partial charge in [0, 0.05) is 12.7 Å². The summed E-state index contributed by atoms with van der Waals surface area (Å²) in [7, 11) is 4.26. The van der Waals surface area contributed by atoms with Crippen molar-refractivity contribution >= 4 is 11.9 Å². The first-order chi connectivity index (χ1) is 31.4. The van der Waals surface area contributed by atoms with Gasteiger partial charge in [0.05, 0.1) is 46.2 Å². The zero-order chi connectivity index (χ0) is 44.3. The first-order valence-corrected chi connectivity index (χ1v) is 21.1. The Hall–Kier alpha value is -5.52. The van der Waals surface area contributed by atoms with Crippen LogP contribution in [0, 0.1) is 0 Å². The Kier molecular flexibility index (Phi) is 15.4. The van der Waals surface area contributed by atoms with Gasteiger partial charge in [0.15, 0.2) is 31.1 Å². The van der Waals surface area contributed by atoms with Crippen LogP contribution in [0.3, 0.4) is 0 Å². The maximum absolute atomic E-state index is 14.3. The summed E-state index contributed by atoms with van der Waals surface area (Å²) in [5, 5.41) is 0. The molecule has 3 heterocycles. The molecule has 3 aliphatic rings. The van der Waals surface area contributed by atoms with Gasteiger partial charge in [-0.25, -0.2) is 9.59 Å². The van der Waals surface area contributed by atoms with Gasteiger partial charge < -0.3 is 56.8 Å². The van der Waals surface area contributed by atoms with E-state index in [4.69, 9.17) is 56.8 Å². The first-order valence-electron chi connectivity index (χ1n) is 21.1. The van der Waals surface area contributed by atoms with E-state index in [0.29, 0.717) is 5.75 Å². The van der Waals surface area contributed by atoms with Gasteiger partial charge in [0.25, 0.3) is 0 Å². The van der Waals surface area contributed by atoms with Crippen LogP contribution in [0.1, 0.15) is 38.9 Å². The lowest BCUT2D eigenvalue weighted by Gasteiger charge is -2.51. The molecule has 5 aromatic rings. The van der Waals surface area contributed by atoms with Gasteiger partial charge in [-0.3, -0.25) is 0 Å². The molecule has 5 aromatic carbocycles. The molecule has 0 bridgehead atoms. The summed E-state index contributed by atoms with van der Waals surface area (Å²) >= 11 is 0. The standard InChI is InChI=1S/C50H52O14/c1-53-37-26-24-35(25-27-37)46(51)61-45-42(58-30-34-20-12-6-13-21-34)41(57-29-33-18-10-5-11-19-33)43(47(52)54-2)63-50(45)64-44-40(56-28-32-16-8-4-9-17-32)39-38(60-49(44)55-3)31-59-48(62-39)36-22-14-7-15-23-36/h4-27,38-45,48-50H,28-31H2,1-3H3/t38-,39-,40+,41+,42+,43+,44+,45-,48-,49+,50+/m1/s1. The molecule has 14 nitrogen and oxygen atoms in total. The van der Waals surface area contributed by atoms with E-state index in [1.807, 2.05) is 121 Å². The maximum atomic E-state index is 14.3. The van der Waals surface area contributed by atoms with Gasteiger partial charge in [-0.05, 0) is 41.0 Å². The van der Waals surface area contributed by atoms with Gasteiger partial charge in [-0.1, -0.05) is 121 Å². The lowest BCUT2D eigenvalue weighted by Crippen LogP contribution is -2.67. The van der Waals surface area contributed by atoms with Gasteiger partial charge in [-0.2, -0.15) is 0 Å². The molecule has 0 radical (unpaired) electrons. The molecule has 3 fully saturated rings. The third-order valence-corrected chi connectivity index (χ3v) is 11.2. The lowest BCUT2D eigenvalue weighted by atomic mass is 9.95. The molecular formula is C50H52O14. The topological polar surface area (TPSA) is 145 Å². The summed E-state index contributed by atoms with van der Waals surface area (Å²) < 4.78 is 76.0. The van der Waals surface area contributed by atoms with Gasteiger partial charge in [0.2, 0.25) is 0 Å². The van der Waals surface area contributed by atoms with Crippen molar-refractivity contribution in [2.45, 2.75) is 87.5 Å². The molecule has 14 heteroatoms. The van der Waals surface area contributed by atoms with Crippen LogP contribution in [0.2, 0.25) is 0 Å². The number of fused-ring (bicyclic) bond motifs is 1. The van der Waals surface area contributed by atoms with E-state index in [-0.39, 0.29) is 32.0 Å². The second kappa shape index (κ2) is 21.9. The number of hydrogen-bond acceptors (Lipinski definition) is 14. The Bertz CT molecular complexity index is 2200. The quantitative estimate of drug-likeness (QED) is 0.0909. The molecule has 0 saturated carbocycles. The summed E-state index contributed by atoms with van der Waals surface area (Å²) in [6.45, 7) is 0.420. The molecule has 0 unspecified atom stereocenters. The number of hydrogen-bond donors (Lipinski definition) is 0. The fraction of sp³-hybridized carbons (Fsp3) is 0.360. The SMILES string of the molecule is COC(=O)[C@H]1O[C@@H](O[C@@H]2[C@@H](OC)O[C@@H]3CO[C@@H](c4ccccc4)O[C@H]3[C@@H]2OCc2ccccc2)[C@H](OC(=O)c2ccc(OC)cc2)[C@@H](OCc2ccccc2)[C@@H]1OCc1ccccc1. The van der Waals surface area contributed by atoms with Crippen LogP contribution < -0.4 is 4.74 Å². The third kappa shape index (κ3) is 10.9. The smallest absolute Gasteiger partial charge is 0.338 e. The Balaban J connectivity index is 1.18. The molecule has 3 saturated heterocycles. The highest BCUT2D eigenvalue weighted by molar-refractivity contribution is 5.89. The van der Waals surface area contributed by atoms with Crippen molar-refractivity contribution in [1.82, 2.24) is 0 Å². The van der Waals surface area contributed by atoms with E-state index < -0.39 is 79.6 Å². The van der Waals surface area contributed by atoms with Crippen LogP contribution in [0.4, 0.5) is 0 Å². The van der Waals surface area contributed by atoms with E-state index in [1.54, 1.807) is 24.3 Å². The van der Waals surface area contributed by atoms with E-state index in [0.717, 1.165) is 22.3 Å². The van der Waals surface area contributed by atoms with Crippen molar-refractivity contribution < 1.29 is 66.4 Å². The van der Waals surface area contributed by atoms with E-state index in [2.05, 4.69) is 0 Å². The molecular weight excluding hydrogens is 825 g/mol. The summed E-state index contributed by atoms with van der Waals surface area (Å²) in [6.07, 6.45) is -11.9. The van der Waals surface area contributed by atoms with Crippen LogP contribution in [-0.4, -0.2) is 101 Å². The van der Waals surface area contributed by atoms with Crippen molar-refractivity contribution in [3.8, 4) is 5.75 Å². The van der Waals surface area contributed by atoms with Crippen molar-refractivity contribution in [1.29, 1.82) is 0 Å². The molecule has 0 amide bonds. The average molecular weight is 877 g/mol. The van der Waals surface area contributed by atoms with Gasteiger partial charge in [-0.15, -0.1) is 0 Å². The Labute approximate surface area is 372 Å². The number of rotatable bonds is 17. The molecule has 0 aliphatic carbocycles. The van der Waals surface area contributed by atoms with Crippen molar-refractivity contribution in [3.63, 3.8) is 0 Å². The second-order valence-corrected chi connectivity index (χ2v) is 15.4. The molecule has 64 heavy (non-hydrogen) atoms. The molecule has 0 N–H and O–H groups in total. The van der Waals surface area contributed by atoms with Crippen molar-refractivity contribution in [2.75, 3.05) is 27.9 Å². The minimum atomic E-state index is -1.53. The Morgan fingerprint density at radius 1 is 0.562 bits per heavy atom. The zero-order valence-corrected chi connectivity index (χ0v) is 35.8. The number of carbonyl (C=O) groups is 2.